The smallest absolute Gasteiger partial charge is 0.164 e. The predicted octanol–water partition coefficient (Wildman–Crippen LogP) is 13.0. The number of hydrogen-bond acceptors (Lipinski definition) is 8. The van der Waals surface area contributed by atoms with Crippen LogP contribution in [0.25, 0.3) is 21.8 Å². The van der Waals surface area contributed by atoms with Crippen LogP contribution in [0, 0.1) is 0 Å². The summed E-state index contributed by atoms with van der Waals surface area (Å²) in [6.45, 7) is 23.5. The van der Waals surface area contributed by atoms with Crippen molar-refractivity contribution in [3.63, 3.8) is 0 Å². The van der Waals surface area contributed by atoms with Crippen molar-refractivity contribution >= 4 is 61.9 Å². The van der Waals surface area contributed by atoms with E-state index in [1.54, 1.807) is 32.4 Å². The summed E-state index contributed by atoms with van der Waals surface area (Å²) in [7, 11) is 3.18. The van der Waals surface area contributed by atoms with Crippen molar-refractivity contribution in [3.05, 3.63) is 68.2 Å². The van der Waals surface area contributed by atoms with Crippen LogP contribution in [0.5, 0.6) is 23.0 Å². The molecule has 4 aromatic rings. The number of nitrogens with zero attached hydrogens (tertiary/aromatic N) is 2. The van der Waals surface area contributed by atoms with Gasteiger partial charge in [0.15, 0.2) is 11.5 Å². The zero-order valence-corrected chi connectivity index (χ0v) is 39.1. The number of aromatic hydroxyl groups is 2. The van der Waals surface area contributed by atoms with E-state index in [2.05, 4.69) is 60.2 Å². The summed E-state index contributed by atoms with van der Waals surface area (Å²) in [5.74, 6) is 1.61. The van der Waals surface area contributed by atoms with Gasteiger partial charge in [-0.1, -0.05) is 27.7 Å². The Balaban J connectivity index is 0.000000281. The second-order valence-corrected chi connectivity index (χ2v) is 28.4. The van der Waals surface area contributed by atoms with Crippen LogP contribution in [0.3, 0.4) is 0 Å². The molecule has 4 rings (SSSR count). The Morgan fingerprint density at radius 3 is 1.57 bits per heavy atom. The molecule has 54 heavy (non-hydrogen) atoms. The molecule has 0 spiro atoms. The molecule has 2 aromatic heterocycles. The van der Waals surface area contributed by atoms with Gasteiger partial charge < -0.3 is 19.7 Å². The van der Waals surface area contributed by atoms with Crippen LogP contribution in [-0.4, -0.2) is 65.2 Å². The van der Waals surface area contributed by atoms with E-state index in [1.165, 1.54) is 62.5 Å². The molecule has 0 aliphatic heterocycles. The Hall–Kier alpha value is -3.05. The van der Waals surface area contributed by atoms with Gasteiger partial charge in [-0.15, -0.1) is 0 Å². The Kier molecular flexibility index (Phi) is 20.2. The molecule has 10 heteroatoms. The van der Waals surface area contributed by atoms with Gasteiger partial charge in [0.05, 0.1) is 46.7 Å². The van der Waals surface area contributed by atoms with E-state index in [1.807, 2.05) is 45.9 Å². The molecule has 2 heterocycles. The summed E-state index contributed by atoms with van der Waals surface area (Å²) in [6, 6.07) is 10.9. The first kappa shape index (κ1) is 47.1. The van der Waals surface area contributed by atoms with Crippen LogP contribution in [-0.2, 0) is 4.74 Å². The van der Waals surface area contributed by atoms with E-state index in [4.69, 9.17) is 14.2 Å². The molecule has 2 N–H and O–H groups in total. The predicted molar refractivity (Wildman–Crippen MR) is 231 cm³/mol. The van der Waals surface area contributed by atoms with Crippen LogP contribution in [0.2, 0.25) is 13.3 Å². The van der Waals surface area contributed by atoms with E-state index < -0.39 is 18.4 Å². The molecular formula is C44H65BrN2O6Sn. The summed E-state index contributed by atoms with van der Waals surface area (Å²) in [6.07, 6.45) is 8.10. The van der Waals surface area contributed by atoms with E-state index in [9.17, 15) is 15.0 Å². The molecule has 0 unspecified atom stereocenters. The van der Waals surface area contributed by atoms with Gasteiger partial charge in [0.1, 0.15) is 17.2 Å². The standard InChI is InChI=1S/C15H17NO3.C13H14BrNO2.C4H7O.3C4H9.Sn/c1-8(2)14-15(18)13(9(3)17)11-7-10(19-4)5-6-12(11)16-14;1-7(2)12-13(16)11(14)9-6-8(17-3)4-5-10(9)15-12;1-3-5-4-2;3*1-3-4-2;/h5-8,18H,1-4H3;4-7,16H,1-3H3;1,4H2,2H3;3*1,3-4H2,2H3;. The Morgan fingerprint density at radius 2 is 1.19 bits per heavy atom. The van der Waals surface area contributed by atoms with Crippen LogP contribution in [0.1, 0.15) is 134 Å². The van der Waals surface area contributed by atoms with Gasteiger partial charge in [0, 0.05) is 10.8 Å². The normalized spacial score (nSPS) is 11.2. The number of ketones is 1. The van der Waals surface area contributed by atoms with Crippen LogP contribution in [0.4, 0.5) is 0 Å². The topological polar surface area (TPSA) is 111 Å². The number of pyridine rings is 2. The third-order valence-electron chi connectivity index (χ3n) is 9.71. The quantitative estimate of drug-likeness (QED) is 0.0612. The molecular weight excluding hydrogens is 851 g/mol. The number of methoxy groups -OCH3 is 2. The minimum Gasteiger partial charge on any atom is -0.505 e. The average molecular weight is 917 g/mol. The average Bonchev–Trinajstić information content (AvgIpc) is 3.15. The molecule has 0 bridgehead atoms. The minimum absolute atomic E-state index is 0.0248. The number of aromatic nitrogens is 2. The van der Waals surface area contributed by atoms with Crippen molar-refractivity contribution < 1.29 is 29.2 Å². The second kappa shape index (κ2) is 23.1. The van der Waals surface area contributed by atoms with Gasteiger partial charge in [-0.3, -0.25) is 4.79 Å². The third kappa shape index (κ3) is 12.5. The molecule has 0 saturated heterocycles. The summed E-state index contributed by atoms with van der Waals surface area (Å²) in [5, 5.41) is 21.8. The summed E-state index contributed by atoms with van der Waals surface area (Å²) in [4.78, 5) is 20.7. The number of ether oxygens (including phenoxy) is 3. The zero-order chi connectivity index (χ0) is 40.6. The maximum absolute atomic E-state index is 11.8. The molecule has 8 nitrogen and oxygen atoms in total. The summed E-state index contributed by atoms with van der Waals surface area (Å²) < 4.78 is 22.5. The third-order valence-corrected chi connectivity index (χ3v) is 25.5. The number of rotatable bonds is 17. The molecule has 0 atom stereocenters. The number of Topliss-reactive ketones (excluding diaryl/α,β-unsaturated/α-hetero) is 1. The first-order valence-electron chi connectivity index (χ1n) is 19.6. The molecule has 298 valence electrons. The Labute approximate surface area is 337 Å². The monoisotopic (exact) mass is 916 g/mol. The number of carbonyl (C=O) groups excluding carboxylic acids is 1. The van der Waals surface area contributed by atoms with Crippen molar-refractivity contribution in [2.45, 2.75) is 126 Å². The van der Waals surface area contributed by atoms with Crippen molar-refractivity contribution in [2.24, 2.45) is 0 Å². The summed E-state index contributed by atoms with van der Waals surface area (Å²) >= 11 is 1.17. The van der Waals surface area contributed by atoms with E-state index >= 15 is 0 Å². The number of unbranched alkanes of at least 4 members (excludes halogenated alkanes) is 3. The van der Waals surface area contributed by atoms with Gasteiger partial charge in [-0.2, -0.15) is 0 Å². The van der Waals surface area contributed by atoms with E-state index in [0.29, 0.717) is 38.1 Å². The molecule has 0 radical (unpaired) electrons. The van der Waals surface area contributed by atoms with Crippen molar-refractivity contribution in [2.75, 3.05) is 20.8 Å². The maximum atomic E-state index is 11.8. The first-order chi connectivity index (χ1) is 25.7. The summed E-state index contributed by atoms with van der Waals surface area (Å²) in [5.41, 5.74) is 3.09. The SMILES string of the molecule is C=[C](OCC)[Sn]([CH2]CCC)([CH2]CCC)[CH2]CCC.COc1ccc2nc(C(C)C)c(O)c(Br)c2c1.COc1ccc2nc(C(C)C)c(O)c(C(C)=O)c2c1. The van der Waals surface area contributed by atoms with Crippen molar-refractivity contribution in [1.82, 2.24) is 9.97 Å². The van der Waals surface area contributed by atoms with Gasteiger partial charge >= 0.3 is 120 Å². The number of carbonyl (C=O) groups is 1. The van der Waals surface area contributed by atoms with E-state index in [-0.39, 0.29) is 29.1 Å². The van der Waals surface area contributed by atoms with Crippen LogP contribution < -0.4 is 9.47 Å². The number of hydrogen-bond donors (Lipinski definition) is 2. The number of halogens is 1. The molecule has 0 amide bonds. The fourth-order valence-corrected chi connectivity index (χ4v) is 21.7. The fraction of sp³-hybridized carbons (Fsp3) is 0.523. The van der Waals surface area contributed by atoms with Crippen molar-refractivity contribution in [3.8, 4) is 23.0 Å². The van der Waals surface area contributed by atoms with Gasteiger partial charge in [0.2, 0.25) is 0 Å². The Morgan fingerprint density at radius 1 is 0.759 bits per heavy atom. The molecule has 0 saturated carbocycles. The number of fused-ring (bicyclic) bond motifs is 2. The molecule has 0 aliphatic carbocycles. The van der Waals surface area contributed by atoms with Crippen molar-refractivity contribution in [1.29, 1.82) is 0 Å². The first-order valence-corrected chi connectivity index (χ1v) is 27.8. The number of benzene rings is 2. The van der Waals surface area contributed by atoms with E-state index in [0.717, 1.165) is 23.3 Å². The zero-order valence-electron chi connectivity index (χ0n) is 34.7. The second-order valence-electron chi connectivity index (χ2n) is 14.5. The Bertz CT molecular complexity index is 1810. The molecule has 2 aromatic carbocycles. The van der Waals surface area contributed by atoms with Crippen LogP contribution in [0.15, 0.2) is 51.2 Å². The van der Waals surface area contributed by atoms with Gasteiger partial charge in [-0.25, -0.2) is 9.97 Å². The molecule has 0 aliphatic rings. The maximum Gasteiger partial charge on any atom is 0.164 e. The molecule has 0 fully saturated rings. The largest absolute Gasteiger partial charge is 0.505 e. The minimum atomic E-state index is -2.24. The fourth-order valence-electron chi connectivity index (χ4n) is 6.54. The van der Waals surface area contributed by atoms with Gasteiger partial charge in [-0.05, 0) is 71.1 Å². The van der Waals surface area contributed by atoms with Crippen LogP contribution >= 0.6 is 15.9 Å². The van der Waals surface area contributed by atoms with Gasteiger partial charge in [0.25, 0.3) is 0 Å².